The Morgan fingerprint density at radius 2 is 2.19 bits per heavy atom. The lowest BCUT2D eigenvalue weighted by Gasteiger charge is -1.99. The van der Waals surface area contributed by atoms with E-state index in [1.54, 1.807) is 0 Å². The Kier molecular flexibility index (Phi) is 2.67. The van der Waals surface area contributed by atoms with Crippen molar-refractivity contribution >= 4 is 25.6 Å². The molecule has 1 aliphatic rings. The lowest BCUT2D eigenvalue weighted by Crippen LogP contribution is -2.20. The lowest BCUT2D eigenvalue weighted by molar-refractivity contribution is 0.0955. The molecule has 16 heavy (non-hydrogen) atoms. The molecule has 6 nitrogen and oxygen atoms in total. The second-order valence-corrected chi connectivity index (χ2v) is 6.11. The Balaban J connectivity index is 2.58. The molecule has 0 unspecified atom stereocenters. The first-order valence-corrected chi connectivity index (χ1v) is 7.01. The van der Waals surface area contributed by atoms with Gasteiger partial charge in [0.1, 0.15) is 4.90 Å². The van der Waals surface area contributed by atoms with Crippen LogP contribution in [0, 0.1) is 0 Å². The van der Waals surface area contributed by atoms with Crippen LogP contribution in [0.3, 0.4) is 0 Å². The first kappa shape index (κ1) is 11.4. The van der Waals surface area contributed by atoms with Gasteiger partial charge >= 0.3 is 0 Å². The second-order valence-electron chi connectivity index (χ2n) is 3.61. The summed E-state index contributed by atoms with van der Waals surface area (Å²) in [5.41, 5.74) is 0.271. The Bertz CT molecular complexity index is 533. The molecule has 88 valence electrons. The molecule has 0 atom stereocenters. The van der Waals surface area contributed by atoms with E-state index in [0.29, 0.717) is 5.69 Å². The quantitative estimate of drug-likeness (QED) is 0.780. The van der Waals surface area contributed by atoms with Gasteiger partial charge in [-0.05, 0) is 12.8 Å². The molecule has 0 aliphatic heterocycles. The van der Waals surface area contributed by atoms with Gasteiger partial charge in [-0.2, -0.15) is 5.10 Å². The van der Waals surface area contributed by atoms with E-state index >= 15 is 0 Å². The minimum absolute atomic E-state index is 0.120. The van der Waals surface area contributed by atoms with E-state index in [0.717, 1.165) is 12.8 Å². The fraction of sp³-hybridized carbons (Fsp3) is 0.500. The molecule has 0 radical (unpaired) electrons. The first-order chi connectivity index (χ1) is 7.45. The largest absolute Gasteiger partial charge is 0.354 e. The van der Waals surface area contributed by atoms with E-state index < -0.39 is 15.0 Å². The minimum atomic E-state index is -3.96. The highest BCUT2D eigenvalue weighted by molar-refractivity contribution is 8.13. The third-order valence-corrected chi connectivity index (χ3v) is 3.78. The van der Waals surface area contributed by atoms with Crippen molar-refractivity contribution in [2.45, 2.75) is 23.7 Å². The number of carbonyl (C=O) groups is 1. The summed E-state index contributed by atoms with van der Waals surface area (Å²) in [4.78, 5) is 11.2. The van der Waals surface area contributed by atoms with E-state index in [4.69, 9.17) is 10.7 Å². The number of halogens is 1. The summed E-state index contributed by atoms with van der Waals surface area (Å²) in [6.07, 6.45) is 1.77. The fourth-order valence-electron chi connectivity index (χ4n) is 1.51. The average molecular weight is 264 g/mol. The molecule has 0 aromatic carbocycles. The molecule has 1 amide bonds. The van der Waals surface area contributed by atoms with Crippen LogP contribution in [0.15, 0.2) is 4.90 Å². The maximum absolute atomic E-state index is 11.4. The SMILES string of the molecule is CNC(=O)c1n[nH]c(C2CC2)c1S(=O)(=O)Cl. The maximum Gasteiger partial charge on any atom is 0.272 e. The smallest absolute Gasteiger partial charge is 0.272 e. The summed E-state index contributed by atoms with van der Waals surface area (Å²) in [6, 6.07) is 0. The topological polar surface area (TPSA) is 91.9 Å². The van der Waals surface area contributed by atoms with Crippen LogP contribution in [0.25, 0.3) is 0 Å². The summed E-state index contributed by atoms with van der Waals surface area (Å²) < 4.78 is 22.8. The molecule has 1 aromatic heterocycles. The predicted molar refractivity (Wildman–Crippen MR) is 57.0 cm³/mol. The fourth-order valence-corrected chi connectivity index (χ4v) is 2.83. The van der Waals surface area contributed by atoms with Gasteiger partial charge in [0.05, 0.1) is 5.69 Å². The third kappa shape index (κ3) is 1.92. The first-order valence-electron chi connectivity index (χ1n) is 4.70. The summed E-state index contributed by atoms with van der Waals surface area (Å²) in [5.74, 6) is -0.447. The van der Waals surface area contributed by atoms with Crippen LogP contribution in [-0.4, -0.2) is 31.6 Å². The maximum atomic E-state index is 11.4. The van der Waals surface area contributed by atoms with Gasteiger partial charge in [0.25, 0.3) is 15.0 Å². The Morgan fingerprint density at radius 3 is 2.62 bits per heavy atom. The molecule has 1 aliphatic carbocycles. The van der Waals surface area contributed by atoms with Gasteiger partial charge in [0.2, 0.25) is 0 Å². The van der Waals surface area contributed by atoms with Gasteiger partial charge in [-0.25, -0.2) is 8.42 Å². The molecule has 1 fully saturated rings. The normalized spacial score (nSPS) is 16.1. The standard InChI is InChI=1S/C8H10ClN3O3S/c1-10-8(13)6-7(16(9,14)15)5(11-12-6)4-2-3-4/h4H,2-3H2,1H3,(H,10,13)(H,11,12). The van der Waals surface area contributed by atoms with Crippen molar-refractivity contribution in [3.05, 3.63) is 11.4 Å². The monoisotopic (exact) mass is 263 g/mol. The van der Waals surface area contributed by atoms with E-state index in [1.165, 1.54) is 7.05 Å². The van der Waals surface area contributed by atoms with Crippen molar-refractivity contribution in [2.75, 3.05) is 7.05 Å². The number of H-pyrrole nitrogens is 1. The Morgan fingerprint density at radius 1 is 1.56 bits per heavy atom. The van der Waals surface area contributed by atoms with Gasteiger partial charge in [0.15, 0.2) is 5.69 Å². The zero-order chi connectivity index (χ0) is 11.9. The zero-order valence-corrected chi connectivity index (χ0v) is 10.0. The molecule has 2 rings (SSSR count). The lowest BCUT2D eigenvalue weighted by atomic mass is 10.2. The molecule has 8 heteroatoms. The molecule has 0 saturated heterocycles. The van der Waals surface area contributed by atoms with E-state index in [-0.39, 0.29) is 16.5 Å². The number of aromatic nitrogens is 2. The highest BCUT2D eigenvalue weighted by atomic mass is 35.7. The second kappa shape index (κ2) is 3.74. The number of carbonyl (C=O) groups excluding carboxylic acids is 1. The van der Waals surface area contributed by atoms with E-state index in [1.807, 2.05) is 0 Å². The van der Waals surface area contributed by atoms with Gasteiger partial charge < -0.3 is 5.32 Å². The van der Waals surface area contributed by atoms with Crippen molar-refractivity contribution in [3.8, 4) is 0 Å². The van der Waals surface area contributed by atoms with Crippen LogP contribution in [0.2, 0.25) is 0 Å². The highest BCUT2D eigenvalue weighted by Gasteiger charge is 2.36. The summed E-state index contributed by atoms with van der Waals surface area (Å²) >= 11 is 0. The third-order valence-electron chi connectivity index (χ3n) is 2.42. The molecule has 2 N–H and O–H groups in total. The molecule has 0 bridgehead atoms. The van der Waals surface area contributed by atoms with Crippen molar-refractivity contribution in [3.63, 3.8) is 0 Å². The zero-order valence-electron chi connectivity index (χ0n) is 8.45. The van der Waals surface area contributed by atoms with E-state index in [2.05, 4.69) is 15.5 Å². The van der Waals surface area contributed by atoms with Crippen LogP contribution in [0.1, 0.15) is 34.9 Å². The van der Waals surface area contributed by atoms with Gasteiger partial charge in [-0.1, -0.05) is 0 Å². The molecule has 1 heterocycles. The van der Waals surface area contributed by atoms with Gasteiger partial charge in [0, 0.05) is 23.6 Å². The van der Waals surface area contributed by atoms with Crippen molar-refractivity contribution < 1.29 is 13.2 Å². The van der Waals surface area contributed by atoms with Crippen molar-refractivity contribution in [1.82, 2.24) is 15.5 Å². The number of rotatable bonds is 3. The number of hydrogen-bond donors (Lipinski definition) is 2. The molecular formula is C8H10ClN3O3S. The van der Waals surface area contributed by atoms with Gasteiger partial charge in [-0.15, -0.1) is 0 Å². The van der Waals surface area contributed by atoms with Gasteiger partial charge in [-0.3, -0.25) is 9.89 Å². The van der Waals surface area contributed by atoms with Crippen molar-refractivity contribution in [1.29, 1.82) is 0 Å². The molecule has 1 aromatic rings. The minimum Gasteiger partial charge on any atom is -0.354 e. The summed E-state index contributed by atoms with van der Waals surface area (Å²) in [7, 11) is 2.75. The van der Waals surface area contributed by atoms with Crippen LogP contribution in [0.5, 0.6) is 0 Å². The summed E-state index contributed by atoms with van der Waals surface area (Å²) in [5, 5.41) is 8.62. The number of aromatic amines is 1. The predicted octanol–water partition coefficient (Wildman–Crippen LogP) is 0.574. The van der Waals surface area contributed by atoms with Crippen LogP contribution in [-0.2, 0) is 9.05 Å². The number of nitrogens with one attached hydrogen (secondary N) is 2. The van der Waals surface area contributed by atoms with Crippen LogP contribution in [0.4, 0.5) is 0 Å². The number of amides is 1. The molecule has 1 saturated carbocycles. The van der Waals surface area contributed by atoms with Crippen LogP contribution >= 0.6 is 10.7 Å². The average Bonchev–Trinajstić information content (AvgIpc) is 2.94. The number of hydrogen-bond acceptors (Lipinski definition) is 4. The number of nitrogens with zero attached hydrogens (tertiary/aromatic N) is 1. The summed E-state index contributed by atoms with van der Waals surface area (Å²) in [6.45, 7) is 0. The van der Waals surface area contributed by atoms with E-state index in [9.17, 15) is 13.2 Å². The van der Waals surface area contributed by atoms with Crippen molar-refractivity contribution in [2.24, 2.45) is 0 Å². The highest BCUT2D eigenvalue weighted by Crippen LogP contribution is 2.43. The van der Waals surface area contributed by atoms with Crippen LogP contribution < -0.4 is 5.32 Å². The Labute approximate surface area is 96.8 Å². The Hall–Kier alpha value is -1.08. The molecular weight excluding hydrogens is 254 g/mol. The molecule has 0 spiro atoms.